The zero-order chi connectivity index (χ0) is 9.68. The quantitative estimate of drug-likeness (QED) is 0.671. The van der Waals surface area contributed by atoms with Crippen molar-refractivity contribution in [2.45, 2.75) is 19.0 Å². The van der Waals surface area contributed by atoms with Gasteiger partial charge in [0.15, 0.2) is 0 Å². The second kappa shape index (κ2) is 4.61. The van der Waals surface area contributed by atoms with Crippen LogP contribution in [0.4, 0.5) is 0 Å². The third-order valence-corrected chi connectivity index (χ3v) is 1.85. The molecule has 1 atom stereocenters. The van der Waals surface area contributed by atoms with Gasteiger partial charge in [-0.25, -0.2) is 0 Å². The van der Waals surface area contributed by atoms with E-state index < -0.39 is 12.0 Å². The molecule has 1 aromatic rings. The lowest BCUT2D eigenvalue weighted by atomic mass is 10.2. The molecule has 0 radical (unpaired) electrons. The molecule has 0 saturated heterocycles. The maximum Gasteiger partial charge on any atom is 0.320 e. The molecule has 0 saturated carbocycles. The highest BCUT2D eigenvalue weighted by atomic mass is 16.4. The average Bonchev–Trinajstić information content (AvgIpc) is 2.57. The summed E-state index contributed by atoms with van der Waals surface area (Å²) in [5.41, 5.74) is 0. The molecule has 5 nitrogen and oxygen atoms in total. The van der Waals surface area contributed by atoms with E-state index in [0.29, 0.717) is 13.0 Å². The molecular weight excluding hydrogens is 170 g/mol. The number of likely N-dealkylation sites (N-methyl/N-ethyl adjacent to an activating group) is 1. The van der Waals surface area contributed by atoms with Crippen molar-refractivity contribution in [3.8, 4) is 0 Å². The van der Waals surface area contributed by atoms with Crippen molar-refractivity contribution in [3.05, 3.63) is 18.5 Å². The summed E-state index contributed by atoms with van der Waals surface area (Å²) in [6.45, 7) is 0.616. The van der Waals surface area contributed by atoms with Gasteiger partial charge < -0.3 is 10.4 Å². The third kappa shape index (κ3) is 2.87. The van der Waals surface area contributed by atoms with Crippen LogP contribution in [0.15, 0.2) is 18.5 Å². The van der Waals surface area contributed by atoms with Crippen LogP contribution < -0.4 is 5.32 Å². The van der Waals surface area contributed by atoms with Crippen LogP contribution in [0.3, 0.4) is 0 Å². The SMILES string of the molecule is CNC(CCn1cccn1)C(=O)O. The van der Waals surface area contributed by atoms with Gasteiger partial charge in [-0.3, -0.25) is 9.48 Å². The smallest absolute Gasteiger partial charge is 0.320 e. The number of carbonyl (C=O) groups is 1. The molecule has 0 amide bonds. The summed E-state index contributed by atoms with van der Waals surface area (Å²) < 4.78 is 1.72. The molecule has 0 spiro atoms. The molecule has 1 rings (SSSR count). The first-order valence-electron chi connectivity index (χ1n) is 4.11. The van der Waals surface area contributed by atoms with Gasteiger partial charge in [-0.05, 0) is 19.5 Å². The Morgan fingerprint density at radius 2 is 2.54 bits per heavy atom. The van der Waals surface area contributed by atoms with Crippen LogP contribution >= 0.6 is 0 Å². The number of aryl methyl sites for hydroxylation is 1. The molecule has 0 aliphatic heterocycles. The maximum absolute atomic E-state index is 10.6. The lowest BCUT2D eigenvalue weighted by molar-refractivity contribution is -0.139. The number of hydrogen-bond acceptors (Lipinski definition) is 3. The Morgan fingerprint density at radius 1 is 1.77 bits per heavy atom. The lowest BCUT2D eigenvalue weighted by Crippen LogP contribution is -2.34. The Labute approximate surface area is 76.4 Å². The fraction of sp³-hybridized carbons (Fsp3) is 0.500. The molecule has 0 fully saturated rings. The zero-order valence-corrected chi connectivity index (χ0v) is 7.47. The molecule has 72 valence electrons. The molecule has 1 unspecified atom stereocenters. The van der Waals surface area contributed by atoms with E-state index in [4.69, 9.17) is 5.11 Å². The minimum absolute atomic E-state index is 0.496. The van der Waals surface area contributed by atoms with Crippen molar-refractivity contribution in [3.63, 3.8) is 0 Å². The fourth-order valence-corrected chi connectivity index (χ4v) is 1.09. The summed E-state index contributed by atoms with van der Waals surface area (Å²) in [6, 6.07) is 1.32. The second-order valence-electron chi connectivity index (χ2n) is 2.74. The van der Waals surface area contributed by atoms with E-state index in [2.05, 4.69) is 10.4 Å². The first-order valence-corrected chi connectivity index (χ1v) is 4.11. The minimum atomic E-state index is -0.824. The van der Waals surface area contributed by atoms with Gasteiger partial charge in [-0.15, -0.1) is 0 Å². The molecule has 0 aromatic carbocycles. The van der Waals surface area contributed by atoms with Crippen LogP contribution in [0.1, 0.15) is 6.42 Å². The summed E-state index contributed by atoms with van der Waals surface area (Å²) >= 11 is 0. The van der Waals surface area contributed by atoms with E-state index >= 15 is 0 Å². The van der Waals surface area contributed by atoms with Crippen molar-refractivity contribution in [2.24, 2.45) is 0 Å². The highest BCUT2D eigenvalue weighted by molar-refractivity contribution is 5.73. The molecule has 13 heavy (non-hydrogen) atoms. The summed E-state index contributed by atoms with van der Waals surface area (Å²) in [7, 11) is 1.64. The van der Waals surface area contributed by atoms with Crippen molar-refractivity contribution < 1.29 is 9.90 Å². The van der Waals surface area contributed by atoms with E-state index in [0.717, 1.165) is 0 Å². The van der Waals surface area contributed by atoms with Crippen LogP contribution in [-0.4, -0.2) is 33.9 Å². The van der Waals surface area contributed by atoms with E-state index in [-0.39, 0.29) is 0 Å². The van der Waals surface area contributed by atoms with Crippen molar-refractivity contribution in [1.29, 1.82) is 0 Å². The van der Waals surface area contributed by atoms with Gasteiger partial charge in [0.1, 0.15) is 6.04 Å². The summed E-state index contributed by atoms with van der Waals surface area (Å²) in [6.07, 6.45) is 4.03. The first-order chi connectivity index (χ1) is 6.24. The van der Waals surface area contributed by atoms with Crippen LogP contribution in [0, 0.1) is 0 Å². The van der Waals surface area contributed by atoms with Gasteiger partial charge in [-0.1, -0.05) is 0 Å². The predicted octanol–water partition coefficient (Wildman–Crippen LogP) is -0.0542. The number of aromatic nitrogens is 2. The number of carboxylic acids is 1. The van der Waals surface area contributed by atoms with Gasteiger partial charge in [0, 0.05) is 18.9 Å². The highest BCUT2D eigenvalue weighted by Gasteiger charge is 2.13. The zero-order valence-electron chi connectivity index (χ0n) is 7.47. The summed E-state index contributed by atoms with van der Waals surface area (Å²) in [5, 5.41) is 15.4. The van der Waals surface area contributed by atoms with Crippen LogP contribution in [0.2, 0.25) is 0 Å². The second-order valence-corrected chi connectivity index (χ2v) is 2.74. The average molecular weight is 183 g/mol. The van der Waals surface area contributed by atoms with E-state index in [1.165, 1.54) is 0 Å². The highest BCUT2D eigenvalue weighted by Crippen LogP contribution is 1.95. The van der Waals surface area contributed by atoms with Crippen molar-refractivity contribution >= 4 is 5.97 Å². The van der Waals surface area contributed by atoms with Gasteiger partial charge in [0.25, 0.3) is 0 Å². The largest absolute Gasteiger partial charge is 0.480 e. The van der Waals surface area contributed by atoms with Crippen LogP contribution in [-0.2, 0) is 11.3 Å². The maximum atomic E-state index is 10.6. The number of carboxylic acid groups (broad SMARTS) is 1. The standard InChI is InChI=1S/C8H13N3O2/c1-9-7(8(12)13)3-6-11-5-2-4-10-11/h2,4-5,7,9H,3,6H2,1H3,(H,12,13). The Morgan fingerprint density at radius 3 is 3.00 bits per heavy atom. The number of aliphatic carboxylic acids is 1. The number of hydrogen-bond donors (Lipinski definition) is 2. The molecule has 5 heteroatoms. The van der Waals surface area contributed by atoms with Gasteiger partial charge in [0.2, 0.25) is 0 Å². The number of rotatable bonds is 5. The van der Waals surface area contributed by atoms with E-state index in [1.54, 1.807) is 17.9 Å². The summed E-state index contributed by atoms with van der Waals surface area (Å²) in [5.74, 6) is -0.824. The van der Waals surface area contributed by atoms with Crippen LogP contribution in [0.5, 0.6) is 0 Å². The lowest BCUT2D eigenvalue weighted by Gasteiger charge is -2.10. The molecule has 0 bridgehead atoms. The first kappa shape index (κ1) is 9.73. The summed E-state index contributed by atoms with van der Waals surface area (Å²) in [4.78, 5) is 10.6. The fourth-order valence-electron chi connectivity index (χ4n) is 1.09. The monoisotopic (exact) mass is 183 g/mol. The predicted molar refractivity (Wildman–Crippen MR) is 47.3 cm³/mol. The number of nitrogens with zero attached hydrogens (tertiary/aromatic N) is 2. The Kier molecular flexibility index (Phi) is 3.45. The normalized spacial score (nSPS) is 12.7. The van der Waals surface area contributed by atoms with E-state index in [9.17, 15) is 4.79 Å². The van der Waals surface area contributed by atoms with Crippen molar-refractivity contribution in [1.82, 2.24) is 15.1 Å². The third-order valence-electron chi connectivity index (χ3n) is 1.85. The van der Waals surface area contributed by atoms with Crippen LogP contribution in [0.25, 0.3) is 0 Å². The number of nitrogens with one attached hydrogen (secondary N) is 1. The molecular formula is C8H13N3O2. The van der Waals surface area contributed by atoms with Gasteiger partial charge >= 0.3 is 5.97 Å². The van der Waals surface area contributed by atoms with Gasteiger partial charge in [0.05, 0.1) is 0 Å². The van der Waals surface area contributed by atoms with Crippen molar-refractivity contribution in [2.75, 3.05) is 7.05 Å². The Bertz CT molecular complexity index is 258. The van der Waals surface area contributed by atoms with Gasteiger partial charge in [-0.2, -0.15) is 5.10 Å². The Balaban J connectivity index is 2.36. The van der Waals surface area contributed by atoms with E-state index in [1.807, 2.05) is 12.3 Å². The molecule has 0 aliphatic rings. The molecule has 0 aliphatic carbocycles. The topological polar surface area (TPSA) is 67.2 Å². The minimum Gasteiger partial charge on any atom is -0.480 e. The Hall–Kier alpha value is -1.36. The molecule has 1 aromatic heterocycles. The molecule has 2 N–H and O–H groups in total. The molecule has 1 heterocycles.